The molecule has 0 amide bonds. The van der Waals surface area contributed by atoms with Gasteiger partial charge in [-0.1, -0.05) is 6.92 Å². The number of carbonyl (C=O) groups excluding carboxylic acids is 1. The fourth-order valence-corrected chi connectivity index (χ4v) is 1.99. The molecule has 3 N–H and O–H groups in total. The first-order valence-electron chi connectivity index (χ1n) is 4.23. The zero-order chi connectivity index (χ0) is 11.2. The molecule has 0 fully saturated rings. The molecule has 0 aliphatic heterocycles. The van der Waals surface area contributed by atoms with E-state index in [-0.39, 0.29) is 12.2 Å². The van der Waals surface area contributed by atoms with Gasteiger partial charge in [0.05, 0.1) is 12.9 Å². The number of sulfonamides is 1. The van der Waals surface area contributed by atoms with E-state index in [0.717, 1.165) is 0 Å². The van der Waals surface area contributed by atoms with Gasteiger partial charge in [0.1, 0.15) is 6.04 Å². The monoisotopic (exact) mass is 224 g/mol. The van der Waals surface area contributed by atoms with Gasteiger partial charge in [-0.05, 0) is 6.42 Å². The molecule has 0 saturated heterocycles. The van der Waals surface area contributed by atoms with Gasteiger partial charge in [-0.2, -0.15) is 0 Å². The summed E-state index contributed by atoms with van der Waals surface area (Å²) >= 11 is 0. The topological polar surface area (TPSA) is 98.5 Å². The number of hydrogen-bond acceptors (Lipinski definition) is 5. The smallest absolute Gasteiger partial charge is 0.322 e. The van der Waals surface area contributed by atoms with Crippen molar-refractivity contribution in [2.45, 2.75) is 19.4 Å². The van der Waals surface area contributed by atoms with Crippen LogP contribution in [0.2, 0.25) is 0 Å². The lowest BCUT2D eigenvalue weighted by atomic mass is 10.2. The van der Waals surface area contributed by atoms with Crippen LogP contribution >= 0.6 is 0 Å². The Balaban J connectivity index is 4.00. The van der Waals surface area contributed by atoms with Crippen molar-refractivity contribution < 1.29 is 17.9 Å². The van der Waals surface area contributed by atoms with Crippen LogP contribution in [0.5, 0.6) is 0 Å². The fourth-order valence-electron chi connectivity index (χ4n) is 0.843. The number of hydrogen-bond donors (Lipinski definition) is 2. The maximum atomic E-state index is 11.1. The van der Waals surface area contributed by atoms with Crippen LogP contribution in [-0.2, 0) is 19.6 Å². The normalized spacial score (nSPS) is 13.6. The summed E-state index contributed by atoms with van der Waals surface area (Å²) < 4.78 is 28.9. The Morgan fingerprint density at radius 2 is 2.14 bits per heavy atom. The molecule has 0 saturated carbocycles. The molecule has 6 nitrogen and oxygen atoms in total. The maximum absolute atomic E-state index is 11.1. The largest absolute Gasteiger partial charge is 0.468 e. The van der Waals surface area contributed by atoms with E-state index in [2.05, 4.69) is 9.46 Å². The van der Waals surface area contributed by atoms with Crippen molar-refractivity contribution in [3.05, 3.63) is 0 Å². The third-order valence-corrected chi connectivity index (χ3v) is 3.07. The molecule has 0 spiro atoms. The predicted octanol–water partition coefficient (Wildman–Crippen LogP) is -1.18. The van der Waals surface area contributed by atoms with E-state index < -0.39 is 22.0 Å². The van der Waals surface area contributed by atoms with Crippen molar-refractivity contribution in [3.8, 4) is 0 Å². The minimum atomic E-state index is -3.31. The highest BCUT2D eigenvalue weighted by Gasteiger charge is 2.17. The van der Waals surface area contributed by atoms with Crippen LogP contribution in [0.4, 0.5) is 0 Å². The predicted molar refractivity (Wildman–Crippen MR) is 52.1 cm³/mol. The summed E-state index contributed by atoms with van der Waals surface area (Å²) in [5.74, 6) is -0.770. The Bertz CT molecular complexity index is 275. The minimum absolute atomic E-state index is 0.0575. The van der Waals surface area contributed by atoms with Crippen LogP contribution < -0.4 is 10.5 Å². The van der Waals surface area contributed by atoms with Crippen molar-refractivity contribution in [3.63, 3.8) is 0 Å². The van der Waals surface area contributed by atoms with E-state index in [9.17, 15) is 13.2 Å². The van der Waals surface area contributed by atoms with Gasteiger partial charge in [-0.25, -0.2) is 13.1 Å². The summed E-state index contributed by atoms with van der Waals surface area (Å²) in [6, 6.07) is -0.881. The summed E-state index contributed by atoms with van der Waals surface area (Å²) in [4.78, 5) is 10.8. The molecule has 0 aromatic carbocycles. The Labute approximate surface area is 83.9 Å². The Hall–Kier alpha value is -0.660. The second-order valence-electron chi connectivity index (χ2n) is 2.74. The molecule has 0 rings (SSSR count). The van der Waals surface area contributed by atoms with Crippen molar-refractivity contribution in [2.24, 2.45) is 5.73 Å². The van der Waals surface area contributed by atoms with Gasteiger partial charge < -0.3 is 10.5 Å². The quantitative estimate of drug-likeness (QED) is 0.553. The zero-order valence-electron chi connectivity index (χ0n) is 8.32. The average Bonchev–Trinajstić information content (AvgIpc) is 2.13. The van der Waals surface area contributed by atoms with E-state index in [1.54, 1.807) is 6.92 Å². The van der Waals surface area contributed by atoms with Gasteiger partial charge in [0.2, 0.25) is 10.0 Å². The molecular formula is C7H16N2O4S. The Kier molecular flexibility index (Phi) is 5.66. The molecule has 1 atom stereocenters. The van der Waals surface area contributed by atoms with Crippen LogP contribution in [0.25, 0.3) is 0 Å². The van der Waals surface area contributed by atoms with Crippen LogP contribution in [0.15, 0.2) is 0 Å². The number of nitrogens with two attached hydrogens (primary N) is 1. The summed E-state index contributed by atoms with van der Waals surface area (Å²) in [5.41, 5.74) is 5.36. The van der Waals surface area contributed by atoms with Crippen LogP contribution in [0.1, 0.15) is 13.3 Å². The van der Waals surface area contributed by atoms with Gasteiger partial charge >= 0.3 is 5.97 Å². The Morgan fingerprint density at radius 3 is 2.57 bits per heavy atom. The molecule has 0 aliphatic carbocycles. The van der Waals surface area contributed by atoms with Gasteiger partial charge in [0.15, 0.2) is 0 Å². The molecule has 0 heterocycles. The minimum Gasteiger partial charge on any atom is -0.468 e. The summed E-state index contributed by atoms with van der Waals surface area (Å²) in [5, 5.41) is 0. The third-order valence-electron chi connectivity index (χ3n) is 1.57. The number of esters is 1. The van der Waals surface area contributed by atoms with Crippen molar-refractivity contribution in [1.82, 2.24) is 4.72 Å². The van der Waals surface area contributed by atoms with Gasteiger partial charge in [-0.15, -0.1) is 0 Å². The highest BCUT2D eigenvalue weighted by atomic mass is 32.2. The SMILES string of the molecule is CCNS(=O)(=O)CC[C@@H](N)C(=O)OC. The molecule has 0 aromatic heterocycles. The molecule has 7 heteroatoms. The number of rotatable bonds is 6. The highest BCUT2D eigenvalue weighted by molar-refractivity contribution is 7.89. The zero-order valence-corrected chi connectivity index (χ0v) is 9.13. The average molecular weight is 224 g/mol. The number of ether oxygens (including phenoxy) is 1. The number of carbonyl (C=O) groups is 1. The number of nitrogens with one attached hydrogen (secondary N) is 1. The second kappa shape index (κ2) is 5.94. The summed E-state index contributed by atoms with van der Waals surface area (Å²) in [6.45, 7) is 2.01. The molecule has 0 aromatic rings. The lowest BCUT2D eigenvalue weighted by Crippen LogP contribution is -2.36. The van der Waals surface area contributed by atoms with Crippen LogP contribution in [0, 0.1) is 0 Å². The molecule has 0 aliphatic rings. The molecule has 14 heavy (non-hydrogen) atoms. The first-order chi connectivity index (χ1) is 6.43. The van der Waals surface area contributed by atoms with Crippen LogP contribution in [-0.4, -0.2) is 39.8 Å². The number of methoxy groups -OCH3 is 1. The van der Waals surface area contributed by atoms with E-state index >= 15 is 0 Å². The first kappa shape index (κ1) is 13.3. The van der Waals surface area contributed by atoms with Gasteiger partial charge in [-0.3, -0.25) is 4.79 Å². The second-order valence-corrected chi connectivity index (χ2v) is 4.66. The maximum Gasteiger partial charge on any atom is 0.322 e. The molecule has 84 valence electrons. The van der Waals surface area contributed by atoms with Gasteiger partial charge in [0.25, 0.3) is 0 Å². The summed E-state index contributed by atoms with van der Waals surface area (Å²) in [6.07, 6.45) is 0.0575. The first-order valence-corrected chi connectivity index (χ1v) is 5.89. The third kappa shape index (κ3) is 5.15. The Morgan fingerprint density at radius 1 is 1.57 bits per heavy atom. The van der Waals surface area contributed by atoms with Crippen molar-refractivity contribution in [2.75, 3.05) is 19.4 Å². The molecule has 0 unspecified atom stereocenters. The van der Waals surface area contributed by atoms with Crippen LogP contribution in [0.3, 0.4) is 0 Å². The standard InChI is InChI=1S/C7H16N2O4S/c1-3-9-14(11,12)5-4-6(8)7(10)13-2/h6,9H,3-5,8H2,1-2H3/t6-/m1/s1. The fraction of sp³-hybridized carbons (Fsp3) is 0.857. The molecular weight excluding hydrogens is 208 g/mol. The van der Waals surface area contributed by atoms with E-state index in [1.165, 1.54) is 7.11 Å². The summed E-state index contributed by atoms with van der Waals surface area (Å²) in [7, 11) is -2.10. The molecule has 0 bridgehead atoms. The van der Waals surface area contributed by atoms with Crippen molar-refractivity contribution >= 4 is 16.0 Å². The van der Waals surface area contributed by atoms with Crippen molar-refractivity contribution in [1.29, 1.82) is 0 Å². The lowest BCUT2D eigenvalue weighted by molar-refractivity contribution is -0.142. The van der Waals surface area contributed by atoms with Gasteiger partial charge in [0, 0.05) is 6.54 Å². The lowest BCUT2D eigenvalue weighted by Gasteiger charge is -2.09. The van der Waals surface area contributed by atoms with E-state index in [4.69, 9.17) is 5.73 Å². The van der Waals surface area contributed by atoms with E-state index in [1.807, 2.05) is 0 Å². The van der Waals surface area contributed by atoms with E-state index in [0.29, 0.717) is 6.54 Å². The highest BCUT2D eigenvalue weighted by Crippen LogP contribution is 1.95. The molecule has 0 radical (unpaired) electrons.